The molecule has 3 heterocycles. The van der Waals surface area contributed by atoms with E-state index >= 15 is 0 Å². The van der Waals surface area contributed by atoms with Crippen LogP contribution >= 0.6 is 0 Å². The lowest BCUT2D eigenvalue weighted by Gasteiger charge is -2.26. The van der Waals surface area contributed by atoms with E-state index in [-0.39, 0.29) is 17.6 Å². The lowest BCUT2D eigenvalue weighted by molar-refractivity contribution is 0.0303. The third kappa shape index (κ3) is 3.89. The van der Waals surface area contributed by atoms with Crippen LogP contribution in [0.1, 0.15) is 22.1 Å². The van der Waals surface area contributed by atoms with Gasteiger partial charge in [0.25, 0.3) is 5.91 Å². The highest BCUT2D eigenvalue weighted by molar-refractivity contribution is 6.05. The molecule has 5 rings (SSSR count). The van der Waals surface area contributed by atoms with Crippen molar-refractivity contribution in [2.24, 2.45) is 0 Å². The van der Waals surface area contributed by atoms with E-state index in [0.717, 1.165) is 0 Å². The Morgan fingerprint density at radius 3 is 2.42 bits per heavy atom. The minimum atomic E-state index is -0.353. The number of benzene rings is 2. The number of carbonyl (C=O) groups is 2. The maximum atomic E-state index is 14.1. The summed E-state index contributed by atoms with van der Waals surface area (Å²) in [5, 5.41) is 0.697. The molecule has 166 valence electrons. The topological polar surface area (TPSA) is 77.3 Å². The first-order valence-electron chi connectivity index (χ1n) is 10.6. The van der Waals surface area contributed by atoms with Crippen LogP contribution in [0.2, 0.25) is 0 Å². The van der Waals surface area contributed by atoms with Gasteiger partial charge < -0.3 is 9.64 Å². The Morgan fingerprint density at radius 1 is 1.00 bits per heavy atom. The molecule has 4 aromatic rings. The molecule has 0 spiro atoms. The van der Waals surface area contributed by atoms with Crippen LogP contribution in [-0.2, 0) is 4.74 Å². The second-order valence-corrected chi connectivity index (χ2v) is 7.84. The zero-order chi connectivity index (χ0) is 22.9. The highest BCUT2D eigenvalue weighted by atomic mass is 19.1. The lowest BCUT2D eigenvalue weighted by Crippen LogP contribution is -2.40. The summed E-state index contributed by atoms with van der Waals surface area (Å²) in [7, 11) is 0. The quantitative estimate of drug-likeness (QED) is 0.477. The van der Waals surface area contributed by atoms with Gasteiger partial charge in [0, 0.05) is 66.2 Å². The maximum absolute atomic E-state index is 14.1. The van der Waals surface area contributed by atoms with Crippen LogP contribution in [0.15, 0.2) is 61.1 Å². The average Bonchev–Trinajstić information content (AvgIpc) is 3.24. The zero-order valence-corrected chi connectivity index (χ0v) is 18.0. The highest BCUT2D eigenvalue weighted by Crippen LogP contribution is 2.31. The Hall–Kier alpha value is -3.91. The van der Waals surface area contributed by atoms with Crippen molar-refractivity contribution < 1.29 is 18.7 Å². The van der Waals surface area contributed by atoms with E-state index < -0.39 is 0 Å². The van der Waals surface area contributed by atoms with E-state index in [9.17, 15) is 14.0 Å². The molecule has 0 unspecified atom stereocenters. The molecular weight excluding hydrogens is 423 g/mol. The molecule has 1 fully saturated rings. The highest BCUT2D eigenvalue weighted by Gasteiger charge is 2.21. The van der Waals surface area contributed by atoms with E-state index in [0.29, 0.717) is 65.3 Å². The Labute approximate surface area is 189 Å². The summed E-state index contributed by atoms with van der Waals surface area (Å²) in [5.41, 5.74) is 2.77. The molecule has 0 aliphatic carbocycles. The van der Waals surface area contributed by atoms with Gasteiger partial charge in [-0.25, -0.2) is 14.4 Å². The summed E-state index contributed by atoms with van der Waals surface area (Å²) in [6.07, 6.45) is 4.79. The molecule has 0 bridgehead atoms. The molecule has 2 aromatic heterocycles. The minimum absolute atomic E-state index is 0.0856. The number of fused-ring (bicyclic) bond motifs is 1. The number of hydrogen-bond donors (Lipinski definition) is 0. The van der Waals surface area contributed by atoms with E-state index in [1.54, 1.807) is 59.9 Å². The molecule has 8 heteroatoms. The van der Waals surface area contributed by atoms with Crippen LogP contribution in [0.25, 0.3) is 33.4 Å². The number of morpholine rings is 1. The second kappa shape index (κ2) is 8.55. The minimum Gasteiger partial charge on any atom is -0.378 e. The van der Waals surface area contributed by atoms with Crippen molar-refractivity contribution in [3.8, 4) is 22.5 Å². The number of aromatic nitrogens is 3. The first-order valence-corrected chi connectivity index (χ1v) is 10.6. The van der Waals surface area contributed by atoms with Gasteiger partial charge in [0.05, 0.1) is 18.7 Å². The normalized spacial score (nSPS) is 13.9. The number of ether oxygens (including phenoxy) is 1. The van der Waals surface area contributed by atoms with Gasteiger partial charge >= 0.3 is 0 Å². The summed E-state index contributed by atoms with van der Waals surface area (Å²) in [5.74, 6) is -0.219. The van der Waals surface area contributed by atoms with Crippen molar-refractivity contribution in [3.63, 3.8) is 0 Å². The van der Waals surface area contributed by atoms with Crippen molar-refractivity contribution in [2.75, 3.05) is 26.3 Å². The van der Waals surface area contributed by atoms with Gasteiger partial charge in [0.1, 0.15) is 5.82 Å². The third-order valence-electron chi connectivity index (χ3n) is 5.77. The van der Waals surface area contributed by atoms with Crippen LogP contribution in [0.3, 0.4) is 0 Å². The molecule has 1 amide bonds. The van der Waals surface area contributed by atoms with Crippen molar-refractivity contribution >= 4 is 22.7 Å². The first-order chi connectivity index (χ1) is 16.0. The van der Waals surface area contributed by atoms with Crippen LogP contribution in [0.4, 0.5) is 4.39 Å². The lowest BCUT2D eigenvalue weighted by atomic mass is 10.1. The van der Waals surface area contributed by atoms with Gasteiger partial charge in [-0.2, -0.15) is 0 Å². The molecule has 0 radical (unpaired) electrons. The molecule has 0 atom stereocenters. The fraction of sp³-hybridized carbons (Fsp3) is 0.200. The Bertz CT molecular complexity index is 1360. The number of carbonyl (C=O) groups excluding carboxylic acids is 2. The molecule has 7 nitrogen and oxygen atoms in total. The van der Waals surface area contributed by atoms with E-state index in [2.05, 4.69) is 9.97 Å². The molecule has 0 N–H and O–H groups in total. The Balaban J connectivity index is 1.57. The van der Waals surface area contributed by atoms with Crippen LogP contribution in [0, 0.1) is 5.82 Å². The molecule has 33 heavy (non-hydrogen) atoms. The summed E-state index contributed by atoms with van der Waals surface area (Å²) in [6, 6.07) is 11.7. The van der Waals surface area contributed by atoms with E-state index in [4.69, 9.17) is 4.74 Å². The van der Waals surface area contributed by atoms with Crippen molar-refractivity contribution in [2.45, 2.75) is 6.92 Å². The van der Waals surface area contributed by atoms with Crippen LogP contribution in [0.5, 0.6) is 0 Å². The molecule has 0 saturated carbocycles. The van der Waals surface area contributed by atoms with Crippen molar-refractivity contribution in [1.29, 1.82) is 0 Å². The molecule has 1 saturated heterocycles. The number of rotatable bonds is 3. The van der Waals surface area contributed by atoms with E-state index in [1.807, 2.05) is 0 Å². The van der Waals surface area contributed by atoms with Crippen LogP contribution < -0.4 is 0 Å². The van der Waals surface area contributed by atoms with Gasteiger partial charge in [0.15, 0.2) is 5.82 Å². The van der Waals surface area contributed by atoms with Gasteiger partial charge in [0.2, 0.25) is 5.91 Å². The number of nitrogens with zero attached hydrogens (tertiary/aromatic N) is 4. The third-order valence-corrected chi connectivity index (χ3v) is 5.77. The Morgan fingerprint density at radius 2 is 1.73 bits per heavy atom. The van der Waals surface area contributed by atoms with Gasteiger partial charge in [-0.15, -0.1) is 0 Å². The van der Waals surface area contributed by atoms with Gasteiger partial charge in [-0.05, 0) is 24.3 Å². The number of amides is 1. The zero-order valence-electron chi connectivity index (χ0n) is 18.0. The first kappa shape index (κ1) is 21.0. The van der Waals surface area contributed by atoms with Gasteiger partial charge in [-0.1, -0.05) is 18.2 Å². The summed E-state index contributed by atoms with van der Waals surface area (Å²) >= 11 is 0. The van der Waals surface area contributed by atoms with Gasteiger partial charge in [-0.3, -0.25) is 14.2 Å². The van der Waals surface area contributed by atoms with Crippen molar-refractivity contribution in [1.82, 2.24) is 19.4 Å². The molecule has 2 aromatic carbocycles. The summed E-state index contributed by atoms with van der Waals surface area (Å²) < 4.78 is 21.0. The number of hydrogen-bond acceptors (Lipinski definition) is 5. The van der Waals surface area contributed by atoms with Crippen LogP contribution in [-0.4, -0.2) is 57.6 Å². The number of halogens is 1. The van der Waals surface area contributed by atoms with E-state index in [1.165, 1.54) is 17.6 Å². The maximum Gasteiger partial charge on any atom is 0.254 e. The standard InChI is InChI=1S/C25H21FN4O3/c1-16(31)30-15-21(24-27-13-18(14-28-24)19-4-2-3-5-22(19)26)20-12-17(6-7-23(20)30)25(32)29-8-10-33-11-9-29/h2-7,12-15H,8-11H2,1H3. The SMILES string of the molecule is CC(=O)n1cc(-c2ncc(-c3ccccc3F)cn2)c2cc(C(=O)N3CCOCC3)ccc21. The largest absolute Gasteiger partial charge is 0.378 e. The second-order valence-electron chi connectivity index (χ2n) is 7.84. The predicted molar refractivity (Wildman–Crippen MR) is 121 cm³/mol. The molecular formula is C25H21FN4O3. The fourth-order valence-electron chi connectivity index (χ4n) is 4.05. The average molecular weight is 444 g/mol. The smallest absolute Gasteiger partial charge is 0.254 e. The monoisotopic (exact) mass is 444 g/mol. The fourth-order valence-corrected chi connectivity index (χ4v) is 4.05. The predicted octanol–water partition coefficient (Wildman–Crippen LogP) is 4.04. The Kier molecular flexibility index (Phi) is 5.43. The molecule has 1 aliphatic rings. The molecule has 1 aliphatic heterocycles. The van der Waals surface area contributed by atoms with Crippen molar-refractivity contribution in [3.05, 3.63) is 72.4 Å². The summed E-state index contributed by atoms with van der Waals surface area (Å²) in [4.78, 5) is 35.9. The summed E-state index contributed by atoms with van der Waals surface area (Å²) in [6.45, 7) is 3.58.